The van der Waals surface area contributed by atoms with Crippen molar-refractivity contribution in [3.05, 3.63) is 22.8 Å². The second kappa shape index (κ2) is 4.13. The number of carboxylic acid groups (broad SMARTS) is 1. The van der Waals surface area contributed by atoms with Gasteiger partial charge in [-0.2, -0.15) is 0 Å². The highest BCUT2D eigenvalue weighted by molar-refractivity contribution is 5.77. The van der Waals surface area contributed by atoms with Crippen LogP contribution in [0.3, 0.4) is 0 Å². The SMILES string of the molecule is CC1Cc2c(cc3c(c2C(O)C(=O)O)OC(C)C3)O1. The zero-order valence-corrected chi connectivity index (χ0v) is 10.8. The number of carboxylic acids is 1. The van der Waals surface area contributed by atoms with Gasteiger partial charge in [-0.1, -0.05) is 0 Å². The normalized spacial score (nSPS) is 25.2. The minimum absolute atomic E-state index is 0.00491. The molecule has 2 aliphatic heterocycles. The summed E-state index contributed by atoms with van der Waals surface area (Å²) in [7, 11) is 0. The standard InChI is InChI=1S/C14H16O5/c1-6-3-8-5-10-9(4-7(2)18-10)11(13(8)19-6)12(15)14(16)17/h5-7,12,15H,3-4H2,1-2H3,(H,16,17). The molecule has 0 spiro atoms. The molecule has 1 aromatic rings. The van der Waals surface area contributed by atoms with Crippen LogP contribution < -0.4 is 9.47 Å². The van der Waals surface area contributed by atoms with E-state index < -0.39 is 12.1 Å². The van der Waals surface area contributed by atoms with E-state index in [1.807, 2.05) is 19.9 Å². The maximum atomic E-state index is 11.1. The van der Waals surface area contributed by atoms with E-state index in [1.165, 1.54) is 0 Å². The summed E-state index contributed by atoms with van der Waals surface area (Å²) < 4.78 is 11.4. The highest BCUT2D eigenvalue weighted by atomic mass is 16.5. The van der Waals surface area contributed by atoms with Gasteiger partial charge in [-0.25, -0.2) is 4.79 Å². The van der Waals surface area contributed by atoms with Gasteiger partial charge in [0.25, 0.3) is 0 Å². The van der Waals surface area contributed by atoms with E-state index in [0.717, 1.165) is 11.1 Å². The van der Waals surface area contributed by atoms with Crippen LogP contribution in [0.25, 0.3) is 0 Å². The largest absolute Gasteiger partial charge is 0.490 e. The number of aliphatic hydroxyl groups excluding tert-OH is 1. The summed E-state index contributed by atoms with van der Waals surface area (Å²) in [5.41, 5.74) is 2.04. The molecule has 0 amide bonds. The van der Waals surface area contributed by atoms with Crippen LogP contribution in [-0.2, 0) is 17.6 Å². The molecule has 102 valence electrons. The lowest BCUT2D eigenvalue weighted by Gasteiger charge is -2.15. The van der Waals surface area contributed by atoms with Crippen LogP contribution in [-0.4, -0.2) is 28.4 Å². The van der Waals surface area contributed by atoms with Crippen molar-refractivity contribution < 1.29 is 24.5 Å². The number of ether oxygens (including phenoxy) is 2. The van der Waals surface area contributed by atoms with Crippen molar-refractivity contribution in [3.63, 3.8) is 0 Å². The maximum Gasteiger partial charge on any atom is 0.337 e. The predicted octanol–water partition coefficient (Wildman–Crippen LogP) is 1.45. The van der Waals surface area contributed by atoms with E-state index in [0.29, 0.717) is 29.9 Å². The van der Waals surface area contributed by atoms with Crippen LogP contribution in [0.5, 0.6) is 11.5 Å². The first-order valence-corrected chi connectivity index (χ1v) is 6.40. The Hall–Kier alpha value is -1.75. The quantitative estimate of drug-likeness (QED) is 0.845. The molecule has 0 saturated carbocycles. The third-order valence-corrected chi connectivity index (χ3v) is 3.62. The molecule has 0 saturated heterocycles. The minimum atomic E-state index is -1.57. The highest BCUT2D eigenvalue weighted by Gasteiger charge is 2.36. The van der Waals surface area contributed by atoms with Crippen LogP contribution in [0.2, 0.25) is 0 Å². The molecule has 0 radical (unpaired) electrons. The van der Waals surface area contributed by atoms with Gasteiger partial charge in [-0.15, -0.1) is 0 Å². The average Bonchev–Trinajstić information content (AvgIpc) is 2.85. The van der Waals surface area contributed by atoms with Crippen LogP contribution in [0.1, 0.15) is 36.6 Å². The molecule has 0 fully saturated rings. The number of hydrogen-bond donors (Lipinski definition) is 2. The number of aliphatic carboxylic acids is 1. The van der Waals surface area contributed by atoms with E-state index in [9.17, 15) is 9.90 Å². The smallest absolute Gasteiger partial charge is 0.337 e. The molecule has 0 bridgehead atoms. The van der Waals surface area contributed by atoms with Gasteiger partial charge in [0.05, 0.1) is 0 Å². The number of aliphatic hydroxyl groups is 1. The van der Waals surface area contributed by atoms with Gasteiger partial charge in [-0.3, -0.25) is 0 Å². The van der Waals surface area contributed by atoms with E-state index >= 15 is 0 Å². The molecular formula is C14H16O5. The van der Waals surface area contributed by atoms with Gasteiger partial charge in [0.1, 0.15) is 23.7 Å². The van der Waals surface area contributed by atoms with Gasteiger partial charge in [-0.05, 0) is 19.9 Å². The Kier molecular flexibility index (Phi) is 2.67. The van der Waals surface area contributed by atoms with E-state index in [1.54, 1.807) is 0 Å². The number of hydrogen-bond acceptors (Lipinski definition) is 4. The Morgan fingerprint density at radius 1 is 1.32 bits per heavy atom. The molecule has 0 aliphatic carbocycles. The fraction of sp³-hybridized carbons (Fsp3) is 0.500. The molecule has 5 nitrogen and oxygen atoms in total. The van der Waals surface area contributed by atoms with Crippen molar-refractivity contribution in [2.75, 3.05) is 0 Å². The fourth-order valence-corrected chi connectivity index (χ4v) is 2.87. The Morgan fingerprint density at radius 2 is 2.00 bits per heavy atom. The molecule has 5 heteroatoms. The monoisotopic (exact) mass is 264 g/mol. The average molecular weight is 264 g/mol. The number of fused-ring (bicyclic) bond motifs is 2. The highest BCUT2D eigenvalue weighted by Crippen LogP contribution is 2.45. The van der Waals surface area contributed by atoms with Crippen molar-refractivity contribution in [2.45, 2.75) is 45.0 Å². The summed E-state index contributed by atoms with van der Waals surface area (Å²) in [5, 5.41) is 19.0. The van der Waals surface area contributed by atoms with Gasteiger partial charge >= 0.3 is 5.97 Å². The molecule has 3 unspecified atom stereocenters. The lowest BCUT2D eigenvalue weighted by atomic mass is 9.94. The van der Waals surface area contributed by atoms with Crippen LogP contribution in [0.4, 0.5) is 0 Å². The molecule has 2 aliphatic rings. The van der Waals surface area contributed by atoms with Crippen molar-refractivity contribution >= 4 is 5.97 Å². The van der Waals surface area contributed by atoms with E-state index in [4.69, 9.17) is 14.6 Å². The molecule has 2 N–H and O–H groups in total. The summed E-state index contributed by atoms with van der Waals surface area (Å²) in [5.74, 6) is -0.0589. The number of benzene rings is 1. The molecule has 19 heavy (non-hydrogen) atoms. The van der Waals surface area contributed by atoms with Gasteiger partial charge in [0, 0.05) is 29.5 Å². The summed E-state index contributed by atoms with van der Waals surface area (Å²) in [6.07, 6.45) is -0.271. The predicted molar refractivity (Wildman–Crippen MR) is 66.6 cm³/mol. The third-order valence-electron chi connectivity index (χ3n) is 3.62. The minimum Gasteiger partial charge on any atom is -0.490 e. The van der Waals surface area contributed by atoms with Gasteiger partial charge < -0.3 is 19.7 Å². The zero-order chi connectivity index (χ0) is 13.7. The summed E-state index contributed by atoms with van der Waals surface area (Å²) in [6.45, 7) is 3.84. The third kappa shape index (κ3) is 1.85. The van der Waals surface area contributed by atoms with E-state index in [2.05, 4.69) is 0 Å². The Labute approximate surface area is 110 Å². The van der Waals surface area contributed by atoms with Crippen LogP contribution in [0, 0.1) is 0 Å². The number of rotatable bonds is 2. The Bertz CT molecular complexity index is 515. The first-order valence-electron chi connectivity index (χ1n) is 6.40. The summed E-state index contributed by atoms with van der Waals surface area (Å²) >= 11 is 0. The van der Waals surface area contributed by atoms with E-state index in [-0.39, 0.29) is 12.2 Å². The first kappa shape index (κ1) is 12.3. The topological polar surface area (TPSA) is 76.0 Å². The first-order chi connectivity index (χ1) is 8.97. The molecule has 0 aromatic heterocycles. The fourth-order valence-electron chi connectivity index (χ4n) is 2.87. The van der Waals surface area contributed by atoms with Crippen molar-refractivity contribution in [1.29, 1.82) is 0 Å². The van der Waals surface area contributed by atoms with Crippen molar-refractivity contribution in [1.82, 2.24) is 0 Å². The Morgan fingerprint density at radius 3 is 2.68 bits per heavy atom. The maximum absolute atomic E-state index is 11.1. The lowest BCUT2D eigenvalue weighted by Crippen LogP contribution is -2.15. The van der Waals surface area contributed by atoms with Crippen LogP contribution >= 0.6 is 0 Å². The Balaban J connectivity index is 2.18. The molecule has 2 heterocycles. The molecular weight excluding hydrogens is 248 g/mol. The van der Waals surface area contributed by atoms with Crippen molar-refractivity contribution in [3.8, 4) is 11.5 Å². The molecule has 3 atom stereocenters. The van der Waals surface area contributed by atoms with Gasteiger partial charge in [0.15, 0.2) is 6.10 Å². The van der Waals surface area contributed by atoms with Crippen molar-refractivity contribution in [2.24, 2.45) is 0 Å². The second-order valence-electron chi connectivity index (χ2n) is 5.26. The van der Waals surface area contributed by atoms with Crippen LogP contribution in [0.15, 0.2) is 6.07 Å². The second-order valence-corrected chi connectivity index (χ2v) is 5.26. The number of carbonyl (C=O) groups is 1. The summed E-state index contributed by atoms with van der Waals surface area (Å²) in [6, 6.07) is 1.91. The zero-order valence-electron chi connectivity index (χ0n) is 10.8. The van der Waals surface area contributed by atoms with Gasteiger partial charge in [0.2, 0.25) is 0 Å². The molecule has 1 aromatic carbocycles. The lowest BCUT2D eigenvalue weighted by molar-refractivity contribution is -0.147. The molecule has 3 rings (SSSR count). The summed E-state index contributed by atoms with van der Waals surface area (Å²) in [4.78, 5) is 11.1.